The summed E-state index contributed by atoms with van der Waals surface area (Å²) in [5.74, 6) is 0.886. The molecule has 0 aromatic carbocycles. The van der Waals surface area contributed by atoms with Gasteiger partial charge in [0.1, 0.15) is 0 Å². The average molecular weight is 157 g/mol. The molecule has 1 rings (SSSR count). The normalized spacial score (nSPS) is 40.9. The molecule has 0 aromatic heterocycles. The third kappa shape index (κ3) is 1.94. The monoisotopic (exact) mass is 157 g/mol. The number of aliphatic hydroxyl groups is 1. The van der Waals surface area contributed by atoms with Crippen LogP contribution in [0.5, 0.6) is 0 Å². The van der Waals surface area contributed by atoms with Gasteiger partial charge in [-0.15, -0.1) is 0 Å². The number of likely N-dealkylation sites (tertiary alicyclic amines) is 1. The van der Waals surface area contributed by atoms with Gasteiger partial charge in [0.05, 0.1) is 6.10 Å². The smallest absolute Gasteiger partial charge is 0.0615 e. The summed E-state index contributed by atoms with van der Waals surface area (Å²) in [5.41, 5.74) is 0. The van der Waals surface area contributed by atoms with Crippen molar-refractivity contribution in [3.05, 3.63) is 0 Å². The summed E-state index contributed by atoms with van der Waals surface area (Å²) in [6.07, 6.45) is -0.0854. The van der Waals surface area contributed by atoms with Crippen molar-refractivity contribution in [2.45, 2.75) is 26.9 Å². The van der Waals surface area contributed by atoms with Crippen LogP contribution in [0, 0.1) is 11.8 Å². The van der Waals surface area contributed by atoms with E-state index < -0.39 is 0 Å². The molecule has 1 fully saturated rings. The Balaban J connectivity index is 2.47. The second kappa shape index (κ2) is 3.55. The quantitative estimate of drug-likeness (QED) is 0.612. The summed E-state index contributed by atoms with van der Waals surface area (Å²) in [6, 6.07) is 0. The number of hydrogen-bond acceptors (Lipinski definition) is 2. The first kappa shape index (κ1) is 9.01. The molecule has 0 spiro atoms. The van der Waals surface area contributed by atoms with Gasteiger partial charge in [-0.05, 0) is 18.4 Å². The lowest BCUT2D eigenvalue weighted by molar-refractivity contribution is -0.00600. The van der Waals surface area contributed by atoms with Crippen LogP contribution >= 0.6 is 0 Å². The van der Waals surface area contributed by atoms with Gasteiger partial charge in [0.15, 0.2) is 0 Å². The Bertz CT molecular complexity index is 115. The second-order valence-electron chi connectivity index (χ2n) is 3.80. The van der Waals surface area contributed by atoms with E-state index >= 15 is 0 Å². The third-order valence-electron chi connectivity index (χ3n) is 2.71. The van der Waals surface area contributed by atoms with Crippen LogP contribution in [0.25, 0.3) is 0 Å². The van der Waals surface area contributed by atoms with E-state index in [1.54, 1.807) is 0 Å². The van der Waals surface area contributed by atoms with E-state index in [0.717, 1.165) is 19.6 Å². The molecular weight excluding hydrogens is 138 g/mol. The fourth-order valence-corrected chi connectivity index (χ4v) is 1.92. The van der Waals surface area contributed by atoms with Crippen molar-refractivity contribution < 1.29 is 5.11 Å². The number of hydrogen-bond donors (Lipinski definition) is 1. The Labute approximate surface area is 69.2 Å². The van der Waals surface area contributed by atoms with Crippen molar-refractivity contribution in [1.82, 2.24) is 4.90 Å². The first-order valence-electron chi connectivity index (χ1n) is 4.55. The molecule has 2 heteroatoms. The van der Waals surface area contributed by atoms with Gasteiger partial charge in [0.25, 0.3) is 0 Å². The molecule has 1 aliphatic heterocycles. The maximum atomic E-state index is 9.63. The molecule has 66 valence electrons. The Kier molecular flexibility index (Phi) is 2.90. The fraction of sp³-hybridized carbons (Fsp3) is 1.00. The molecule has 1 saturated heterocycles. The van der Waals surface area contributed by atoms with E-state index in [1.807, 2.05) is 0 Å². The molecule has 2 unspecified atom stereocenters. The van der Waals surface area contributed by atoms with Gasteiger partial charge < -0.3 is 10.0 Å². The van der Waals surface area contributed by atoms with Crippen LogP contribution in [0.1, 0.15) is 20.8 Å². The van der Waals surface area contributed by atoms with Crippen molar-refractivity contribution in [3.8, 4) is 0 Å². The zero-order valence-corrected chi connectivity index (χ0v) is 7.75. The summed E-state index contributed by atoms with van der Waals surface area (Å²) in [4.78, 5) is 2.40. The SMILES string of the molecule is CCN1CC(C)C(O)C(C)C1. The molecule has 0 aromatic rings. The zero-order valence-electron chi connectivity index (χ0n) is 7.75. The Morgan fingerprint density at radius 3 is 2.09 bits per heavy atom. The van der Waals surface area contributed by atoms with E-state index in [-0.39, 0.29) is 6.10 Å². The first-order valence-corrected chi connectivity index (χ1v) is 4.55. The predicted octanol–water partition coefficient (Wildman–Crippen LogP) is 0.955. The standard InChI is InChI=1S/C9H19NO/c1-4-10-5-7(2)9(11)8(3)6-10/h7-9,11H,4-6H2,1-3H3. The van der Waals surface area contributed by atoms with Crippen LogP contribution < -0.4 is 0 Å². The summed E-state index contributed by atoms with van der Waals surface area (Å²) in [7, 11) is 0. The van der Waals surface area contributed by atoms with E-state index in [9.17, 15) is 5.11 Å². The highest BCUT2D eigenvalue weighted by Gasteiger charge is 2.28. The zero-order chi connectivity index (χ0) is 8.43. The number of nitrogens with zero attached hydrogens (tertiary/aromatic N) is 1. The Morgan fingerprint density at radius 2 is 1.73 bits per heavy atom. The van der Waals surface area contributed by atoms with Crippen molar-refractivity contribution in [2.24, 2.45) is 11.8 Å². The lowest BCUT2D eigenvalue weighted by Crippen LogP contribution is -2.47. The molecule has 11 heavy (non-hydrogen) atoms. The molecule has 2 atom stereocenters. The highest BCUT2D eigenvalue weighted by Crippen LogP contribution is 2.21. The van der Waals surface area contributed by atoms with E-state index in [4.69, 9.17) is 0 Å². The summed E-state index contributed by atoms with van der Waals surface area (Å²) in [5, 5.41) is 9.63. The van der Waals surface area contributed by atoms with Crippen LogP contribution in [-0.4, -0.2) is 35.7 Å². The van der Waals surface area contributed by atoms with Crippen molar-refractivity contribution >= 4 is 0 Å². The van der Waals surface area contributed by atoms with E-state index in [1.165, 1.54) is 0 Å². The van der Waals surface area contributed by atoms with Crippen LogP contribution in [0.2, 0.25) is 0 Å². The lowest BCUT2D eigenvalue weighted by atomic mass is 9.88. The average Bonchev–Trinajstić information content (AvgIpc) is 1.99. The van der Waals surface area contributed by atoms with Crippen LogP contribution in [0.4, 0.5) is 0 Å². The van der Waals surface area contributed by atoms with Gasteiger partial charge in [-0.25, -0.2) is 0 Å². The number of aliphatic hydroxyl groups excluding tert-OH is 1. The van der Waals surface area contributed by atoms with Gasteiger partial charge in [0.2, 0.25) is 0 Å². The minimum Gasteiger partial charge on any atom is -0.392 e. The van der Waals surface area contributed by atoms with Gasteiger partial charge >= 0.3 is 0 Å². The lowest BCUT2D eigenvalue weighted by Gasteiger charge is -2.38. The maximum absolute atomic E-state index is 9.63. The molecule has 2 nitrogen and oxygen atoms in total. The molecule has 0 amide bonds. The molecule has 1 aliphatic rings. The second-order valence-corrected chi connectivity index (χ2v) is 3.80. The van der Waals surface area contributed by atoms with Crippen LogP contribution in [0.3, 0.4) is 0 Å². The molecule has 0 radical (unpaired) electrons. The van der Waals surface area contributed by atoms with Crippen LogP contribution in [-0.2, 0) is 0 Å². The molecule has 1 N–H and O–H groups in total. The highest BCUT2D eigenvalue weighted by molar-refractivity contribution is 4.81. The number of rotatable bonds is 1. The van der Waals surface area contributed by atoms with Crippen molar-refractivity contribution in [1.29, 1.82) is 0 Å². The summed E-state index contributed by atoms with van der Waals surface area (Å²) in [6.45, 7) is 9.66. The molecule has 0 saturated carbocycles. The fourth-order valence-electron chi connectivity index (χ4n) is 1.92. The van der Waals surface area contributed by atoms with E-state index in [2.05, 4.69) is 25.7 Å². The van der Waals surface area contributed by atoms with E-state index in [0.29, 0.717) is 11.8 Å². The van der Waals surface area contributed by atoms with Gasteiger partial charge in [-0.1, -0.05) is 20.8 Å². The topological polar surface area (TPSA) is 23.5 Å². The molecule has 1 heterocycles. The third-order valence-corrected chi connectivity index (χ3v) is 2.71. The maximum Gasteiger partial charge on any atom is 0.0615 e. The predicted molar refractivity (Wildman–Crippen MR) is 46.4 cm³/mol. The molecule has 0 bridgehead atoms. The Hall–Kier alpha value is -0.0800. The summed E-state index contributed by atoms with van der Waals surface area (Å²) < 4.78 is 0. The largest absolute Gasteiger partial charge is 0.392 e. The summed E-state index contributed by atoms with van der Waals surface area (Å²) >= 11 is 0. The van der Waals surface area contributed by atoms with Gasteiger partial charge in [0, 0.05) is 13.1 Å². The molecular formula is C9H19NO. The van der Waals surface area contributed by atoms with Gasteiger partial charge in [-0.2, -0.15) is 0 Å². The first-order chi connectivity index (χ1) is 5.15. The van der Waals surface area contributed by atoms with Gasteiger partial charge in [-0.3, -0.25) is 0 Å². The minimum absolute atomic E-state index is 0.0854. The number of piperidine rings is 1. The minimum atomic E-state index is -0.0854. The van der Waals surface area contributed by atoms with Crippen molar-refractivity contribution in [3.63, 3.8) is 0 Å². The van der Waals surface area contributed by atoms with Crippen LogP contribution in [0.15, 0.2) is 0 Å². The molecule has 0 aliphatic carbocycles. The highest BCUT2D eigenvalue weighted by atomic mass is 16.3. The van der Waals surface area contributed by atoms with Crippen molar-refractivity contribution in [2.75, 3.05) is 19.6 Å². The Morgan fingerprint density at radius 1 is 1.27 bits per heavy atom.